The number of aliphatic hydroxyl groups excluding tert-OH is 1. The van der Waals surface area contributed by atoms with E-state index >= 15 is 0 Å². The van der Waals surface area contributed by atoms with E-state index < -0.39 is 10.0 Å². The third kappa shape index (κ3) is 4.32. The SMILES string of the molecule is CN(Cc1csc(C#CCO)c1)S(=O)(=O)CC1CC1. The maximum absolute atomic E-state index is 12.0. The van der Waals surface area contributed by atoms with Gasteiger partial charge in [-0.15, -0.1) is 11.3 Å². The van der Waals surface area contributed by atoms with Crippen molar-refractivity contribution in [1.29, 1.82) is 0 Å². The molecule has 0 radical (unpaired) electrons. The second kappa shape index (κ2) is 6.06. The van der Waals surface area contributed by atoms with Gasteiger partial charge in [0.15, 0.2) is 0 Å². The van der Waals surface area contributed by atoms with Gasteiger partial charge >= 0.3 is 0 Å². The maximum atomic E-state index is 12.0. The van der Waals surface area contributed by atoms with Gasteiger partial charge in [-0.25, -0.2) is 12.7 Å². The highest BCUT2D eigenvalue weighted by Crippen LogP contribution is 2.31. The summed E-state index contributed by atoms with van der Waals surface area (Å²) in [5, 5.41) is 10.5. The summed E-state index contributed by atoms with van der Waals surface area (Å²) in [5.74, 6) is 6.03. The summed E-state index contributed by atoms with van der Waals surface area (Å²) >= 11 is 1.46. The average Bonchev–Trinajstić information content (AvgIpc) is 3.04. The van der Waals surface area contributed by atoms with E-state index in [4.69, 9.17) is 5.11 Å². The zero-order valence-electron chi connectivity index (χ0n) is 10.8. The quantitative estimate of drug-likeness (QED) is 0.833. The lowest BCUT2D eigenvalue weighted by atomic mass is 10.3. The fraction of sp³-hybridized carbons (Fsp3) is 0.538. The summed E-state index contributed by atoms with van der Waals surface area (Å²) in [4.78, 5) is 0.844. The highest BCUT2D eigenvalue weighted by atomic mass is 32.2. The predicted octanol–water partition coefficient (Wildman–Crippen LogP) is 1.26. The highest BCUT2D eigenvalue weighted by Gasteiger charge is 2.30. The smallest absolute Gasteiger partial charge is 0.214 e. The van der Waals surface area contributed by atoms with E-state index in [2.05, 4.69) is 11.8 Å². The minimum Gasteiger partial charge on any atom is -0.384 e. The van der Waals surface area contributed by atoms with Crippen molar-refractivity contribution in [3.8, 4) is 11.8 Å². The molecular weight excluding hydrogens is 282 g/mol. The molecule has 0 aromatic carbocycles. The van der Waals surface area contributed by atoms with Crippen molar-refractivity contribution in [3.05, 3.63) is 21.9 Å². The molecule has 0 aliphatic heterocycles. The topological polar surface area (TPSA) is 57.6 Å². The van der Waals surface area contributed by atoms with Crippen LogP contribution in [0.1, 0.15) is 23.3 Å². The first-order chi connectivity index (χ1) is 9.01. The van der Waals surface area contributed by atoms with Gasteiger partial charge in [0.25, 0.3) is 0 Å². The van der Waals surface area contributed by atoms with Crippen molar-refractivity contribution in [2.45, 2.75) is 19.4 Å². The number of rotatable bonds is 5. The number of aliphatic hydroxyl groups is 1. The van der Waals surface area contributed by atoms with Crippen LogP contribution >= 0.6 is 11.3 Å². The second-order valence-electron chi connectivity index (χ2n) is 4.76. The number of hydrogen-bond acceptors (Lipinski definition) is 4. The molecule has 4 nitrogen and oxygen atoms in total. The van der Waals surface area contributed by atoms with Crippen LogP contribution in [0.4, 0.5) is 0 Å². The average molecular weight is 299 g/mol. The number of hydrogen-bond donors (Lipinski definition) is 1. The molecule has 1 aromatic rings. The molecule has 1 saturated carbocycles. The number of thiophene rings is 1. The van der Waals surface area contributed by atoms with Crippen LogP contribution in [0.15, 0.2) is 11.4 Å². The van der Waals surface area contributed by atoms with Gasteiger partial charge in [0, 0.05) is 13.6 Å². The largest absolute Gasteiger partial charge is 0.384 e. The molecule has 0 saturated heterocycles. The Kier molecular flexibility index (Phi) is 4.63. The Morgan fingerprint density at radius 3 is 2.89 bits per heavy atom. The van der Waals surface area contributed by atoms with Crippen molar-refractivity contribution >= 4 is 21.4 Å². The van der Waals surface area contributed by atoms with Gasteiger partial charge in [0.05, 0.1) is 10.6 Å². The van der Waals surface area contributed by atoms with Crippen molar-refractivity contribution in [2.75, 3.05) is 19.4 Å². The van der Waals surface area contributed by atoms with Crippen LogP contribution in [0.2, 0.25) is 0 Å². The second-order valence-corrected chi connectivity index (χ2v) is 7.79. The Morgan fingerprint density at radius 2 is 2.26 bits per heavy atom. The molecular formula is C13H17NO3S2. The van der Waals surface area contributed by atoms with E-state index in [-0.39, 0.29) is 12.4 Å². The fourth-order valence-electron chi connectivity index (χ4n) is 1.72. The van der Waals surface area contributed by atoms with Crippen LogP contribution in [-0.4, -0.2) is 37.2 Å². The van der Waals surface area contributed by atoms with E-state index in [9.17, 15) is 8.42 Å². The molecule has 2 rings (SSSR count). The molecule has 1 aliphatic rings. The molecule has 1 aromatic heterocycles. The summed E-state index contributed by atoms with van der Waals surface area (Å²) < 4.78 is 25.5. The van der Waals surface area contributed by atoms with Gasteiger partial charge in [-0.2, -0.15) is 0 Å². The lowest BCUT2D eigenvalue weighted by Gasteiger charge is -2.16. The molecule has 1 aliphatic carbocycles. The third-order valence-electron chi connectivity index (χ3n) is 2.97. The summed E-state index contributed by atoms with van der Waals surface area (Å²) in [6, 6.07) is 1.87. The molecule has 0 atom stereocenters. The van der Waals surface area contributed by atoms with Crippen molar-refractivity contribution in [1.82, 2.24) is 4.31 Å². The number of nitrogens with zero attached hydrogens (tertiary/aromatic N) is 1. The van der Waals surface area contributed by atoms with Gasteiger partial charge < -0.3 is 5.11 Å². The van der Waals surface area contributed by atoms with E-state index in [1.807, 2.05) is 11.4 Å². The first-order valence-corrected chi connectivity index (χ1v) is 8.61. The zero-order chi connectivity index (χ0) is 13.9. The summed E-state index contributed by atoms with van der Waals surface area (Å²) in [6.45, 7) is 0.218. The minimum absolute atomic E-state index is 0.164. The molecule has 1 fully saturated rings. The molecule has 0 spiro atoms. The van der Waals surface area contributed by atoms with Gasteiger partial charge in [-0.3, -0.25) is 0 Å². The molecule has 19 heavy (non-hydrogen) atoms. The van der Waals surface area contributed by atoms with Crippen LogP contribution in [0.3, 0.4) is 0 Å². The van der Waals surface area contributed by atoms with Gasteiger partial charge in [-0.05, 0) is 35.8 Å². The standard InChI is InChI=1S/C13H17NO3S2/c1-14(19(16,17)10-11-4-5-11)8-12-7-13(18-9-12)3-2-6-15/h7,9,11,15H,4-6,8,10H2,1H3. The van der Waals surface area contributed by atoms with Crippen molar-refractivity contribution in [3.63, 3.8) is 0 Å². The van der Waals surface area contributed by atoms with Crippen molar-refractivity contribution in [2.24, 2.45) is 5.92 Å². The van der Waals surface area contributed by atoms with Crippen LogP contribution in [0, 0.1) is 17.8 Å². The fourth-order valence-corrected chi connectivity index (χ4v) is 4.02. The van der Waals surface area contributed by atoms with Crippen LogP contribution in [0.25, 0.3) is 0 Å². The molecule has 6 heteroatoms. The summed E-state index contributed by atoms with van der Waals surface area (Å²) in [6.07, 6.45) is 2.07. The molecule has 0 amide bonds. The first kappa shape index (κ1) is 14.5. The number of sulfonamides is 1. The monoisotopic (exact) mass is 299 g/mol. The molecule has 0 unspecified atom stereocenters. The minimum atomic E-state index is -3.14. The normalized spacial score (nSPS) is 15.3. The van der Waals surface area contributed by atoms with Crippen molar-refractivity contribution < 1.29 is 13.5 Å². The highest BCUT2D eigenvalue weighted by molar-refractivity contribution is 7.89. The van der Waals surface area contributed by atoms with Gasteiger partial charge in [0.2, 0.25) is 10.0 Å². The third-order valence-corrected chi connectivity index (χ3v) is 5.83. The molecule has 104 valence electrons. The lowest BCUT2D eigenvalue weighted by molar-refractivity contribution is 0.350. The van der Waals surface area contributed by atoms with Crippen LogP contribution < -0.4 is 0 Å². The van der Waals surface area contributed by atoms with E-state index in [0.717, 1.165) is 23.3 Å². The van der Waals surface area contributed by atoms with E-state index in [0.29, 0.717) is 12.5 Å². The Labute approximate surface area is 118 Å². The Hall–Kier alpha value is -0.870. The van der Waals surface area contributed by atoms with E-state index in [1.54, 1.807) is 7.05 Å². The van der Waals surface area contributed by atoms with Gasteiger partial charge in [0.1, 0.15) is 6.61 Å². The molecule has 1 N–H and O–H groups in total. The van der Waals surface area contributed by atoms with Crippen LogP contribution in [0.5, 0.6) is 0 Å². The van der Waals surface area contributed by atoms with Gasteiger partial charge in [-0.1, -0.05) is 11.8 Å². The molecule has 0 bridgehead atoms. The first-order valence-electron chi connectivity index (χ1n) is 6.12. The molecule has 1 heterocycles. The maximum Gasteiger partial charge on any atom is 0.214 e. The Morgan fingerprint density at radius 1 is 1.53 bits per heavy atom. The predicted molar refractivity (Wildman–Crippen MR) is 76.3 cm³/mol. The Bertz CT molecular complexity index is 591. The van der Waals surface area contributed by atoms with E-state index in [1.165, 1.54) is 15.6 Å². The zero-order valence-corrected chi connectivity index (χ0v) is 12.4. The lowest BCUT2D eigenvalue weighted by Crippen LogP contribution is -2.29. The Balaban J connectivity index is 1.97. The summed E-state index contributed by atoms with van der Waals surface area (Å²) in [7, 11) is -1.52. The van der Waals surface area contributed by atoms with Crippen LogP contribution in [-0.2, 0) is 16.6 Å². The summed E-state index contributed by atoms with van der Waals surface area (Å²) in [5.41, 5.74) is 0.939.